The smallest absolute Gasteiger partial charge is 0.0445 e. The topological polar surface area (TPSA) is 32.3 Å². The van der Waals surface area contributed by atoms with E-state index in [1.54, 1.807) is 0 Å². The van der Waals surface area contributed by atoms with Crippen LogP contribution in [0.1, 0.15) is 13.3 Å². The molecule has 0 aromatic rings. The summed E-state index contributed by atoms with van der Waals surface area (Å²) in [7, 11) is 2.41. The molecule has 2 nitrogen and oxygen atoms in total. The summed E-state index contributed by atoms with van der Waals surface area (Å²) in [5.74, 6) is 0. The second-order valence-corrected chi connectivity index (χ2v) is 1.91. The molecule has 0 bridgehead atoms. The monoisotopic (exact) mass is 121 g/mol. The van der Waals surface area contributed by atoms with Crippen molar-refractivity contribution in [3.63, 3.8) is 0 Å². The maximum Gasteiger partial charge on any atom is 0.0445 e. The van der Waals surface area contributed by atoms with Gasteiger partial charge in [-0.25, -0.2) is 0 Å². The summed E-state index contributed by atoms with van der Waals surface area (Å²) in [5.41, 5.74) is 0. The minimum absolute atomic E-state index is 0.266. The maximum atomic E-state index is 8.32. The summed E-state index contributed by atoms with van der Waals surface area (Å²) >= 11 is 0. The van der Waals surface area contributed by atoms with Gasteiger partial charge in [-0.2, -0.15) is 0 Å². The van der Waals surface area contributed by atoms with Gasteiger partial charge in [-0.3, -0.25) is 5.09 Å². The van der Waals surface area contributed by atoms with Crippen LogP contribution in [-0.4, -0.2) is 17.8 Å². The molecular weight excluding hydrogens is 109 g/mol. The minimum atomic E-state index is 0.266. The van der Waals surface area contributed by atoms with Gasteiger partial charge in [-0.1, -0.05) is 9.39 Å². The Kier molecular flexibility index (Phi) is 4.73. The number of hydrogen-bond donors (Lipinski definition) is 2. The third-order valence-electron chi connectivity index (χ3n) is 0.847. The number of rotatable bonds is 3. The standard InChI is InChI=1S/C4H12NOP/c1-4(5-7)2-3-6/h4-6H,2-3,7H2,1H3/t4-/m1/s1. The molecule has 0 aliphatic rings. The average molecular weight is 121 g/mol. The lowest BCUT2D eigenvalue weighted by atomic mass is 10.3. The van der Waals surface area contributed by atoms with E-state index in [-0.39, 0.29) is 6.61 Å². The second kappa shape index (κ2) is 4.51. The number of nitrogens with one attached hydrogen (secondary N) is 1. The van der Waals surface area contributed by atoms with Gasteiger partial charge in [0.15, 0.2) is 0 Å². The van der Waals surface area contributed by atoms with Gasteiger partial charge in [0.25, 0.3) is 0 Å². The zero-order valence-electron chi connectivity index (χ0n) is 4.52. The number of hydrogen-bond acceptors (Lipinski definition) is 2. The van der Waals surface area contributed by atoms with Crippen molar-refractivity contribution in [3.8, 4) is 0 Å². The number of aliphatic hydroxyl groups is 1. The first-order valence-corrected chi connectivity index (χ1v) is 2.96. The van der Waals surface area contributed by atoms with Crippen LogP contribution in [0.3, 0.4) is 0 Å². The molecule has 0 fully saturated rings. The van der Waals surface area contributed by atoms with Crippen LogP contribution in [0.25, 0.3) is 0 Å². The van der Waals surface area contributed by atoms with Crippen molar-refractivity contribution in [1.82, 2.24) is 5.09 Å². The van der Waals surface area contributed by atoms with E-state index >= 15 is 0 Å². The van der Waals surface area contributed by atoms with E-state index in [1.807, 2.05) is 6.92 Å². The summed E-state index contributed by atoms with van der Waals surface area (Å²) < 4.78 is 0. The molecule has 0 aromatic carbocycles. The molecule has 0 amide bonds. The largest absolute Gasteiger partial charge is 0.396 e. The summed E-state index contributed by atoms with van der Waals surface area (Å²) in [6.07, 6.45) is 0.823. The van der Waals surface area contributed by atoms with Gasteiger partial charge in [-0.05, 0) is 13.3 Å². The quantitative estimate of drug-likeness (QED) is 0.520. The molecule has 2 N–H and O–H groups in total. The molecule has 0 spiro atoms. The minimum Gasteiger partial charge on any atom is -0.396 e. The molecule has 7 heavy (non-hydrogen) atoms. The normalized spacial score (nSPS) is 14.1. The number of aliphatic hydroxyl groups excluding tert-OH is 1. The molecule has 0 radical (unpaired) electrons. The van der Waals surface area contributed by atoms with Crippen molar-refractivity contribution in [2.24, 2.45) is 0 Å². The van der Waals surface area contributed by atoms with Crippen LogP contribution in [0.5, 0.6) is 0 Å². The van der Waals surface area contributed by atoms with E-state index in [0.29, 0.717) is 6.04 Å². The summed E-state index contributed by atoms with van der Waals surface area (Å²) in [6, 6.07) is 0.412. The van der Waals surface area contributed by atoms with Gasteiger partial charge in [0.1, 0.15) is 0 Å². The zero-order valence-corrected chi connectivity index (χ0v) is 5.67. The highest BCUT2D eigenvalue weighted by molar-refractivity contribution is 7.13. The van der Waals surface area contributed by atoms with Gasteiger partial charge < -0.3 is 5.11 Å². The van der Waals surface area contributed by atoms with Crippen molar-refractivity contribution in [2.45, 2.75) is 19.4 Å². The predicted molar refractivity (Wildman–Crippen MR) is 34.0 cm³/mol. The van der Waals surface area contributed by atoms with Crippen molar-refractivity contribution in [3.05, 3.63) is 0 Å². The fourth-order valence-electron chi connectivity index (χ4n) is 0.277. The first-order chi connectivity index (χ1) is 3.31. The fraction of sp³-hybridized carbons (Fsp3) is 1.00. The maximum absolute atomic E-state index is 8.32. The third-order valence-corrected chi connectivity index (χ3v) is 1.42. The Balaban J connectivity index is 2.83. The first-order valence-electron chi connectivity index (χ1n) is 2.38. The molecule has 0 rings (SSSR count). The summed E-state index contributed by atoms with van der Waals surface area (Å²) in [4.78, 5) is 0. The SMILES string of the molecule is C[C@H](CCO)NP. The highest BCUT2D eigenvalue weighted by atomic mass is 31.0. The van der Waals surface area contributed by atoms with Crippen LogP contribution < -0.4 is 5.09 Å². The Hall–Kier alpha value is 0.350. The zero-order chi connectivity index (χ0) is 5.70. The van der Waals surface area contributed by atoms with E-state index in [1.165, 1.54) is 0 Å². The summed E-state index contributed by atoms with van der Waals surface area (Å²) in [6.45, 7) is 2.28. The predicted octanol–water partition coefficient (Wildman–Crippen LogP) is 0.137. The van der Waals surface area contributed by atoms with Crippen molar-refractivity contribution in [2.75, 3.05) is 6.61 Å². The van der Waals surface area contributed by atoms with Gasteiger partial charge in [-0.15, -0.1) is 0 Å². The molecule has 0 aliphatic carbocycles. The summed E-state index contributed by atoms with van der Waals surface area (Å²) in [5, 5.41) is 11.2. The Morgan fingerprint density at radius 3 is 2.57 bits per heavy atom. The van der Waals surface area contributed by atoms with Crippen molar-refractivity contribution >= 4 is 9.39 Å². The van der Waals surface area contributed by atoms with Crippen LogP contribution in [-0.2, 0) is 0 Å². The lowest BCUT2D eigenvalue weighted by Gasteiger charge is -2.04. The molecule has 3 heteroatoms. The lowest BCUT2D eigenvalue weighted by molar-refractivity contribution is 0.276. The van der Waals surface area contributed by atoms with Gasteiger partial charge in [0.05, 0.1) is 0 Å². The molecule has 0 aliphatic heterocycles. The highest BCUT2D eigenvalue weighted by Gasteiger charge is 1.92. The van der Waals surface area contributed by atoms with Crippen molar-refractivity contribution < 1.29 is 5.11 Å². The Morgan fingerprint density at radius 2 is 2.43 bits per heavy atom. The molecule has 0 saturated heterocycles. The lowest BCUT2D eigenvalue weighted by Crippen LogP contribution is -2.16. The van der Waals surface area contributed by atoms with Gasteiger partial charge >= 0.3 is 0 Å². The molecular formula is C4H12NOP. The molecule has 2 atom stereocenters. The van der Waals surface area contributed by atoms with E-state index in [2.05, 4.69) is 14.5 Å². The fourth-order valence-corrected chi connectivity index (χ4v) is 0.444. The highest BCUT2D eigenvalue weighted by Crippen LogP contribution is 1.89. The van der Waals surface area contributed by atoms with Crippen LogP contribution in [0.15, 0.2) is 0 Å². The first kappa shape index (κ1) is 7.35. The second-order valence-electron chi connectivity index (χ2n) is 1.58. The Morgan fingerprint density at radius 1 is 1.86 bits per heavy atom. The van der Waals surface area contributed by atoms with Crippen LogP contribution in [0.4, 0.5) is 0 Å². The van der Waals surface area contributed by atoms with Gasteiger partial charge in [0.2, 0.25) is 0 Å². The van der Waals surface area contributed by atoms with E-state index in [4.69, 9.17) is 5.11 Å². The van der Waals surface area contributed by atoms with E-state index < -0.39 is 0 Å². The van der Waals surface area contributed by atoms with E-state index in [9.17, 15) is 0 Å². The van der Waals surface area contributed by atoms with Crippen LogP contribution >= 0.6 is 9.39 Å². The molecule has 1 unspecified atom stereocenters. The van der Waals surface area contributed by atoms with Gasteiger partial charge in [0, 0.05) is 12.6 Å². The van der Waals surface area contributed by atoms with E-state index in [0.717, 1.165) is 6.42 Å². The molecule has 0 aromatic heterocycles. The van der Waals surface area contributed by atoms with Crippen LogP contribution in [0, 0.1) is 0 Å². The molecule has 44 valence electrons. The molecule has 0 saturated carbocycles. The van der Waals surface area contributed by atoms with Crippen molar-refractivity contribution in [1.29, 1.82) is 0 Å². The average Bonchev–Trinajstić information content (AvgIpc) is 1.68. The Labute approximate surface area is 46.6 Å². The Bertz CT molecular complexity index is 42.7. The van der Waals surface area contributed by atoms with Crippen LogP contribution in [0.2, 0.25) is 0 Å². The molecule has 0 heterocycles. The third kappa shape index (κ3) is 4.20.